The number of aliphatic hydroxyl groups excluding tert-OH is 1. The van der Waals surface area contributed by atoms with Crippen LogP contribution in [0.15, 0.2) is 18.2 Å². The number of nitrogens with zero attached hydrogens (tertiary/aromatic N) is 1. The molecule has 0 atom stereocenters. The molecule has 90 valence electrons. The Morgan fingerprint density at radius 3 is 2.69 bits per heavy atom. The normalized spacial score (nSPS) is 10.8. The Morgan fingerprint density at radius 1 is 1.44 bits per heavy atom. The highest BCUT2D eigenvalue weighted by Gasteiger charge is 2.14. The third-order valence-electron chi connectivity index (χ3n) is 2.52. The zero-order chi connectivity index (χ0) is 12.1. The molecule has 3 N–H and O–H groups in total. The van der Waals surface area contributed by atoms with Crippen molar-refractivity contribution in [1.82, 2.24) is 0 Å². The van der Waals surface area contributed by atoms with E-state index in [4.69, 9.17) is 22.4 Å². The Hall–Kier alpha value is -0.930. The number of anilines is 2. The highest BCUT2D eigenvalue weighted by Crippen LogP contribution is 2.31. The van der Waals surface area contributed by atoms with Gasteiger partial charge in [-0.25, -0.2) is 0 Å². The summed E-state index contributed by atoms with van der Waals surface area (Å²) >= 11 is 6.00. The van der Waals surface area contributed by atoms with Crippen LogP contribution in [0.4, 0.5) is 11.4 Å². The highest BCUT2D eigenvalue weighted by atomic mass is 35.5. The number of nitrogens with two attached hydrogens (primary N) is 1. The SMILES string of the molecule is CC(C)N(CCCO)c1cccc(Cl)c1N. The highest BCUT2D eigenvalue weighted by molar-refractivity contribution is 6.33. The molecule has 0 heterocycles. The molecule has 0 amide bonds. The van der Waals surface area contributed by atoms with Crippen molar-refractivity contribution in [3.63, 3.8) is 0 Å². The second-order valence-corrected chi connectivity index (χ2v) is 4.44. The predicted molar refractivity (Wildman–Crippen MR) is 70.0 cm³/mol. The maximum atomic E-state index is 8.88. The number of nitrogen functional groups attached to an aromatic ring is 1. The summed E-state index contributed by atoms with van der Waals surface area (Å²) in [6.07, 6.45) is 0.726. The molecule has 0 saturated carbocycles. The molecule has 3 nitrogen and oxygen atoms in total. The molecule has 0 spiro atoms. The Balaban J connectivity index is 2.96. The van der Waals surface area contributed by atoms with Gasteiger partial charge in [0.05, 0.1) is 16.4 Å². The minimum Gasteiger partial charge on any atom is -0.396 e. The van der Waals surface area contributed by atoms with Crippen molar-refractivity contribution < 1.29 is 5.11 Å². The van der Waals surface area contributed by atoms with E-state index >= 15 is 0 Å². The van der Waals surface area contributed by atoms with Crippen molar-refractivity contribution in [1.29, 1.82) is 0 Å². The quantitative estimate of drug-likeness (QED) is 0.781. The lowest BCUT2D eigenvalue weighted by Crippen LogP contribution is -2.32. The molecule has 0 aliphatic rings. The molecule has 0 aliphatic heterocycles. The summed E-state index contributed by atoms with van der Waals surface area (Å²) in [5.41, 5.74) is 7.50. The van der Waals surface area contributed by atoms with Gasteiger partial charge in [-0.1, -0.05) is 17.7 Å². The average Bonchev–Trinajstić information content (AvgIpc) is 2.24. The molecule has 0 saturated heterocycles. The number of hydrogen-bond acceptors (Lipinski definition) is 3. The van der Waals surface area contributed by atoms with Crippen LogP contribution >= 0.6 is 11.6 Å². The molecule has 0 fully saturated rings. The Kier molecular flexibility index (Phi) is 4.90. The van der Waals surface area contributed by atoms with Crippen LogP contribution in [0.1, 0.15) is 20.3 Å². The van der Waals surface area contributed by atoms with E-state index in [0.29, 0.717) is 16.8 Å². The van der Waals surface area contributed by atoms with Crippen LogP contribution in [-0.2, 0) is 0 Å². The van der Waals surface area contributed by atoms with Crippen LogP contribution in [0.3, 0.4) is 0 Å². The first-order valence-corrected chi connectivity index (χ1v) is 5.87. The van der Waals surface area contributed by atoms with Crippen molar-refractivity contribution in [2.24, 2.45) is 0 Å². The number of rotatable bonds is 5. The Morgan fingerprint density at radius 2 is 2.12 bits per heavy atom. The van der Waals surface area contributed by atoms with Gasteiger partial charge in [-0.05, 0) is 32.4 Å². The molecule has 0 bridgehead atoms. The fourth-order valence-corrected chi connectivity index (χ4v) is 1.84. The van der Waals surface area contributed by atoms with Crippen LogP contribution in [-0.4, -0.2) is 24.3 Å². The fourth-order valence-electron chi connectivity index (χ4n) is 1.67. The van der Waals surface area contributed by atoms with E-state index in [1.807, 2.05) is 12.1 Å². The van der Waals surface area contributed by atoms with Gasteiger partial charge in [0.2, 0.25) is 0 Å². The van der Waals surface area contributed by atoms with E-state index < -0.39 is 0 Å². The first-order valence-electron chi connectivity index (χ1n) is 5.49. The van der Waals surface area contributed by atoms with Crippen LogP contribution in [0.25, 0.3) is 0 Å². The minimum absolute atomic E-state index is 0.184. The van der Waals surface area contributed by atoms with Crippen molar-refractivity contribution in [3.05, 3.63) is 23.2 Å². The van der Waals surface area contributed by atoms with Gasteiger partial charge in [-0.15, -0.1) is 0 Å². The van der Waals surface area contributed by atoms with Gasteiger partial charge >= 0.3 is 0 Å². The molecule has 0 aliphatic carbocycles. The Bertz CT molecular complexity index is 342. The molecule has 4 heteroatoms. The smallest absolute Gasteiger partial charge is 0.0741 e. The topological polar surface area (TPSA) is 49.5 Å². The van der Waals surface area contributed by atoms with Gasteiger partial charge in [0.15, 0.2) is 0 Å². The van der Waals surface area contributed by atoms with Gasteiger partial charge in [0.1, 0.15) is 0 Å². The molecule has 0 unspecified atom stereocenters. The second-order valence-electron chi connectivity index (χ2n) is 4.04. The van der Waals surface area contributed by atoms with Crippen LogP contribution < -0.4 is 10.6 Å². The largest absolute Gasteiger partial charge is 0.396 e. The van der Waals surface area contributed by atoms with Gasteiger partial charge in [0.25, 0.3) is 0 Å². The molecule has 16 heavy (non-hydrogen) atoms. The van der Waals surface area contributed by atoms with Crippen molar-refractivity contribution in [2.75, 3.05) is 23.8 Å². The molecular formula is C12H19ClN2O. The standard InChI is InChI=1S/C12H19ClN2O/c1-9(2)15(7-4-8-16)11-6-3-5-10(13)12(11)14/h3,5-6,9,16H,4,7-8,14H2,1-2H3. The van der Waals surface area contributed by atoms with Crippen LogP contribution in [0, 0.1) is 0 Å². The summed E-state index contributed by atoms with van der Waals surface area (Å²) in [6.45, 7) is 5.15. The summed E-state index contributed by atoms with van der Waals surface area (Å²) in [7, 11) is 0. The molecular weight excluding hydrogens is 224 g/mol. The molecule has 1 rings (SSSR count). The Labute approximate surface area is 102 Å². The van der Waals surface area contributed by atoms with E-state index in [2.05, 4.69) is 18.7 Å². The zero-order valence-corrected chi connectivity index (χ0v) is 10.5. The second kappa shape index (κ2) is 5.97. The van der Waals surface area contributed by atoms with E-state index in [0.717, 1.165) is 18.7 Å². The number of benzene rings is 1. The molecule has 0 aromatic heterocycles. The van der Waals surface area contributed by atoms with Gasteiger partial charge < -0.3 is 15.7 Å². The summed E-state index contributed by atoms with van der Waals surface area (Å²) in [5, 5.41) is 9.46. The summed E-state index contributed by atoms with van der Waals surface area (Å²) in [6, 6.07) is 5.96. The fraction of sp³-hybridized carbons (Fsp3) is 0.500. The maximum absolute atomic E-state index is 8.88. The number of hydrogen-bond donors (Lipinski definition) is 2. The number of halogens is 1. The van der Waals surface area contributed by atoms with Crippen molar-refractivity contribution in [3.8, 4) is 0 Å². The lowest BCUT2D eigenvalue weighted by molar-refractivity contribution is 0.288. The summed E-state index contributed by atoms with van der Waals surface area (Å²) < 4.78 is 0. The van der Waals surface area contributed by atoms with Gasteiger partial charge in [-0.3, -0.25) is 0 Å². The molecule has 1 aromatic carbocycles. The van der Waals surface area contributed by atoms with Crippen LogP contribution in [0.2, 0.25) is 5.02 Å². The van der Waals surface area contributed by atoms with E-state index in [9.17, 15) is 0 Å². The van der Waals surface area contributed by atoms with Crippen LogP contribution in [0.5, 0.6) is 0 Å². The lowest BCUT2D eigenvalue weighted by Gasteiger charge is -2.30. The third-order valence-corrected chi connectivity index (χ3v) is 2.85. The van der Waals surface area contributed by atoms with Gasteiger partial charge in [0, 0.05) is 19.2 Å². The zero-order valence-electron chi connectivity index (χ0n) is 9.78. The predicted octanol–water partition coefficient (Wildman–Crippen LogP) is 2.52. The minimum atomic E-state index is 0.184. The third kappa shape index (κ3) is 3.03. The van der Waals surface area contributed by atoms with E-state index in [1.54, 1.807) is 6.07 Å². The van der Waals surface area contributed by atoms with Crippen molar-refractivity contribution in [2.45, 2.75) is 26.3 Å². The first-order chi connectivity index (χ1) is 7.57. The number of para-hydroxylation sites is 1. The lowest BCUT2D eigenvalue weighted by atomic mass is 10.2. The van der Waals surface area contributed by atoms with E-state index in [1.165, 1.54) is 0 Å². The molecule has 0 radical (unpaired) electrons. The number of aliphatic hydroxyl groups is 1. The summed E-state index contributed by atoms with van der Waals surface area (Å²) in [5.74, 6) is 0. The van der Waals surface area contributed by atoms with E-state index in [-0.39, 0.29) is 6.61 Å². The van der Waals surface area contributed by atoms with Gasteiger partial charge in [-0.2, -0.15) is 0 Å². The summed E-state index contributed by atoms with van der Waals surface area (Å²) in [4.78, 5) is 2.15. The first kappa shape index (κ1) is 13.1. The average molecular weight is 243 g/mol. The monoisotopic (exact) mass is 242 g/mol. The van der Waals surface area contributed by atoms with Crippen molar-refractivity contribution >= 4 is 23.0 Å². The maximum Gasteiger partial charge on any atom is 0.0741 e. The molecule has 1 aromatic rings.